The van der Waals surface area contributed by atoms with Crippen molar-refractivity contribution in [2.75, 3.05) is 11.9 Å². The van der Waals surface area contributed by atoms with E-state index in [0.29, 0.717) is 17.9 Å². The summed E-state index contributed by atoms with van der Waals surface area (Å²) in [6.07, 6.45) is 1.32. The molecule has 0 saturated heterocycles. The number of aryl methyl sites for hydroxylation is 1. The molecule has 0 radical (unpaired) electrons. The molecule has 1 heterocycles. The second kappa shape index (κ2) is 10.0. The Hall–Kier alpha value is -3.46. The number of benzene rings is 2. The van der Waals surface area contributed by atoms with Gasteiger partial charge in [-0.15, -0.1) is 0 Å². The van der Waals surface area contributed by atoms with E-state index in [-0.39, 0.29) is 6.10 Å². The number of anilines is 1. The predicted molar refractivity (Wildman–Crippen MR) is 123 cm³/mol. The molecule has 3 rings (SSSR count). The number of rotatable bonds is 8. The van der Waals surface area contributed by atoms with Crippen molar-refractivity contribution >= 4 is 22.7 Å². The highest BCUT2D eigenvalue weighted by molar-refractivity contribution is 5.96. The van der Waals surface area contributed by atoms with Gasteiger partial charge in [-0.2, -0.15) is 5.26 Å². The van der Waals surface area contributed by atoms with Crippen LogP contribution in [-0.4, -0.2) is 23.4 Å². The lowest BCUT2D eigenvalue weighted by atomic mass is 10.1. The van der Waals surface area contributed by atoms with Gasteiger partial charge in [0, 0.05) is 29.2 Å². The third-order valence-electron chi connectivity index (χ3n) is 4.92. The Morgan fingerprint density at radius 2 is 2.00 bits per heavy atom. The number of ether oxygens (including phenoxy) is 2. The molecule has 0 bridgehead atoms. The topological polar surface area (TPSA) is 76.3 Å². The smallest absolute Gasteiger partial charge is 0.411 e. The molecule has 0 fully saturated rings. The van der Waals surface area contributed by atoms with Gasteiger partial charge in [0.1, 0.15) is 11.8 Å². The van der Waals surface area contributed by atoms with Gasteiger partial charge in [-0.05, 0) is 51.5 Å². The van der Waals surface area contributed by atoms with Gasteiger partial charge in [0.25, 0.3) is 0 Å². The Morgan fingerprint density at radius 3 is 2.68 bits per heavy atom. The van der Waals surface area contributed by atoms with E-state index in [1.165, 1.54) is 0 Å². The van der Waals surface area contributed by atoms with E-state index in [2.05, 4.69) is 22.9 Å². The lowest BCUT2D eigenvalue weighted by Crippen LogP contribution is -2.17. The summed E-state index contributed by atoms with van der Waals surface area (Å²) in [6.45, 7) is 9.07. The van der Waals surface area contributed by atoms with E-state index in [4.69, 9.17) is 9.47 Å². The Kier molecular flexibility index (Phi) is 7.19. The summed E-state index contributed by atoms with van der Waals surface area (Å²) in [6, 6.07) is 15.8. The number of hydrogen-bond donors (Lipinski definition) is 1. The fourth-order valence-corrected chi connectivity index (χ4v) is 3.65. The highest BCUT2D eigenvalue weighted by atomic mass is 16.6. The number of hydrogen-bond acceptors (Lipinski definition) is 4. The van der Waals surface area contributed by atoms with Gasteiger partial charge in [0.2, 0.25) is 0 Å². The summed E-state index contributed by atoms with van der Waals surface area (Å²) in [4.78, 5) is 12.0. The fourth-order valence-electron chi connectivity index (χ4n) is 3.65. The summed E-state index contributed by atoms with van der Waals surface area (Å²) in [5.74, 6) is 0.785. The molecule has 1 N–H and O–H groups in total. The second-order valence-corrected chi connectivity index (χ2v) is 7.61. The van der Waals surface area contributed by atoms with Gasteiger partial charge < -0.3 is 14.0 Å². The van der Waals surface area contributed by atoms with Crippen LogP contribution in [0.5, 0.6) is 5.75 Å². The van der Waals surface area contributed by atoms with Crippen molar-refractivity contribution in [1.82, 2.24) is 4.57 Å². The first kappa shape index (κ1) is 22.2. The van der Waals surface area contributed by atoms with Crippen molar-refractivity contribution in [1.29, 1.82) is 5.26 Å². The van der Waals surface area contributed by atoms with Gasteiger partial charge in [-0.1, -0.05) is 25.5 Å². The molecule has 0 spiro atoms. The van der Waals surface area contributed by atoms with Gasteiger partial charge in [-0.25, -0.2) is 4.79 Å². The molecule has 31 heavy (non-hydrogen) atoms. The highest BCUT2D eigenvalue weighted by Crippen LogP contribution is 2.36. The van der Waals surface area contributed by atoms with Gasteiger partial charge in [0.05, 0.1) is 29.5 Å². The lowest BCUT2D eigenvalue weighted by molar-refractivity contribution is 0.130. The van der Waals surface area contributed by atoms with E-state index in [1.807, 2.05) is 49.4 Å². The predicted octanol–water partition coefficient (Wildman–Crippen LogP) is 6.34. The van der Waals surface area contributed by atoms with Crippen LogP contribution in [0.4, 0.5) is 10.5 Å². The SMILES string of the molecule is CCCCn1c(-c2cccc(NC(=O)OC(C)C)c2)c(C#N)c2ccc(OCC)cc21. The molecule has 0 atom stereocenters. The maximum Gasteiger partial charge on any atom is 0.411 e. The summed E-state index contributed by atoms with van der Waals surface area (Å²) in [5, 5.41) is 13.7. The van der Waals surface area contributed by atoms with E-state index in [1.54, 1.807) is 13.8 Å². The molecule has 0 saturated carbocycles. The summed E-state index contributed by atoms with van der Waals surface area (Å²) in [5.41, 5.74) is 3.93. The Bertz CT molecular complexity index is 1110. The molecule has 1 amide bonds. The number of carbonyl (C=O) groups excluding carboxylic acids is 1. The molecule has 0 aliphatic rings. The summed E-state index contributed by atoms with van der Waals surface area (Å²) < 4.78 is 13.1. The van der Waals surface area contributed by atoms with Crippen molar-refractivity contribution < 1.29 is 14.3 Å². The molecule has 0 unspecified atom stereocenters. The maximum atomic E-state index is 12.0. The van der Waals surface area contributed by atoms with Crippen LogP contribution in [0.1, 0.15) is 46.1 Å². The normalized spacial score (nSPS) is 10.8. The van der Waals surface area contributed by atoms with Crippen LogP contribution < -0.4 is 10.1 Å². The number of nitrogens with one attached hydrogen (secondary N) is 1. The molecular weight excluding hydrogens is 390 g/mol. The molecule has 0 aliphatic carbocycles. The third-order valence-corrected chi connectivity index (χ3v) is 4.92. The van der Waals surface area contributed by atoms with Crippen LogP contribution in [0.3, 0.4) is 0 Å². The quantitative estimate of drug-likeness (QED) is 0.462. The number of amides is 1. The zero-order valence-electron chi connectivity index (χ0n) is 18.6. The molecule has 1 aromatic heterocycles. The fraction of sp³-hybridized carbons (Fsp3) is 0.360. The van der Waals surface area contributed by atoms with Crippen LogP contribution in [0.15, 0.2) is 42.5 Å². The number of fused-ring (bicyclic) bond motifs is 1. The first-order chi connectivity index (χ1) is 15.0. The van der Waals surface area contributed by atoms with Crippen LogP contribution in [0.2, 0.25) is 0 Å². The number of carbonyl (C=O) groups is 1. The molecule has 162 valence electrons. The van der Waals surface area contributed by atoms with Crippen LogP contribution in [-0.2, 0) is 11.3 Å². The lowest BCUT2D eigenvalue weighted by Gasteiger charge is -2.13. The number of nitriles is 1. The largest absolute Gasteiger partial charge is 0.494 e. The first-order valence-electron chi connectivity index (χ1n) is 10.8. The second-order valence-electron chi connectivity index (χ2n) is 7.61. The minimum Gasteiger partial charge on any atom is -0.494 e. The van der Waals surface area contributed by atoms with Crippen LogP contribution >= 0.6 is 0 Å². The van der Waals surface area contributed by atoms with Gasteiger partial charge in [-0.3, -0.25) is 5.32 Å². The summed E-state index contributed by atoms with van der Waals surface area (Å²) >= 11 is 0. The minimum absolute atomic E-state index is 0.204. The average Bonchev–Trinajstić information content (AvgIpc) is 3.04. The first-order valence-corrected chi connectivity index (χ1v) is 10.8. The zero-order valence-corrected chi connectivity index (χ0v) is 18.6. The average molecular weight is 420 g/mol. The van der Waals surface area contributed by atoms with Crippen LogP contribution in [0, 0.1) is 11.3 Å². The van der Waals surface area contributed by atoms with E-state index >= 15 is 0 Å². The van der Waals surface area contributed by atoms with E-state index in [0.717, 1.165) is 47.3 Å². The molecule has 6 heteroatoms. The van der Waals surface area contributed by atoms with Crippen molar-refractivity contribution in [3.63, 3.8) is 0 Å². The molecule has 6 nitrogen and oxygen atoms in total. The Labute approximate surface area is 183 Å². The monoisotopic (exact) mass is 419 g/mol. The standard InChI is InChI=1S/C25H29N3O3/c1-5-7-13-28-23-15-20(30-6-2)11-12-21(23)22(16-26)24(28)18-9-8-10-19(14-18)27-25(29)31-17(3)4/h8-12,14-15,17H,5-7,13H2,1-4H3,(H,27,29). The van der Waals surface area contributed by atoms with Gasteiger partial charge in [0.15, 0.2) is 0 Å². The Balaban J connectivity index is 2.13. The summed E-state index contributed by atoms with van der Waals surface area (Å²) in [7, 11) is 0. The third kappa shape index (κ3) is 5.00. The van der Waals surface area contributed by atoms with Crippen LogP contribution in [0.25, 0.3) is 22.2 Å². The number of unbranched alkanes of at least 4 members (excludes halogenated alkanes) is 1. The molecule has 3 aromatic rings. The minimum atomic E-state index is -0.500. The van der Waals surface area contributed by atoms with Crippen molar-refractivity contribution in [2.24, 2.45) is 0 Å². The van der Waals surface area contributed by atoms with Crippen molar-refractivity contribution in [3.8, 4) is 23.1 Å². The van der Waals surface area contributed by atoms with Crippen molar-refractivity contribution in [3.05, 3.63) is 48.0 Å². The Morgan fingerprint density at radius 1 is 1.19 bits per heavy atom. The van der Waals surface area contributed by atoms with E-state index < -0.39 is 6.09 Å². The molecule has 0 aliphatic heterocycles. The number of aromatic nitrogens is 1. The highest BCUT2D eigenvalue weighted by Gasteiger charge is 2.20. The van der Waals surface area contributed by atoms with E-state index in [9.17, 15) is 10.1 Å². The van der Waals surface area contributed by atoms with Crippen molar-refractivity contribution in [2.45, 2.75) is 53.2 Å². The number of nitrogens with zero attached hydrogens (tertiary/aromatic N) is 2. The maximum absolute atomic E-state index is 12.0. The van der Waals surface area contributed by atoms with Gasteiger partial charge >= 0.3 is 6.09 Å². The zero-order chi connectivity index (χ0) is 22.4. The molecular formula is C25H29N3O3. The molecule has 2 aromatic carbocycles.